The summed E-state index contributed by atoms with van der Waals surface area (Å²) in [5, 5.41) is 3.16. The van der Waals surface area contributed by atoms with Gasteiger partial charge in [-0.05, 0) is 66.9 Å². The van der Waals surface area contributed by atoms with Crippen molar-refractivity contribution in [3.8, 4) is 11.3 Å². The van der Waals surface area contributed by atoms with Crippen molar-refractivity contribution in [1.82, 2.24) is 20.2 Å². The minimum absolute atomic E-state index is 0.00331. The lowest BCUT2D eigenvalue weighted by Gasteiger charge is -2.21. The molecule has 0 atom stereocenters. The highest BCUT2D eigenvalue weighted by atomic mass is 35.5. The van der Waals surface area contributed by atoms with Gasteiger partial charge in [-0.15, -0.1) is 0 Å². The molecule has 0 radical (unpaired) electrons. The minimum atomic E-state index is -4.99. The van der Waals surface area contributed by atoms with Crippen molar-refractivity contribution in [2.45, 2.75) is 43.0 Å². The van der Waals surface area contributed by atoms with E-state index in [1.807, 2.05) is 0 Å². The first-order valence-electron chi connectivity index (χ1n) is 14.1. The third-order valence-corrected chi connectivity index (χ3v) is 7.64. The average Bonchev–Trinajstić information content (AvgIpc) is 3.03. The molecule has 0 spiro atoms. The fraction of sp³-hybridized carbons (Fsp3) is 0.281. The summed E-state index contributed by atoms with van der Waals surface area (Å²) in [7, 11) is 2.70. The highest BCUT2D eigenvalue weighted by Crippen LogP contribution is 2.38. The van der Waals surface area contributed by atoms with E-state index in [1.165, 1.54) is 32.1 Å². The molecule has 1 heterocycles. The van der Waals surface area contributed by atoms with Crippen molar-refractivity contribution >= 4 is 29.3 Å². The zero-order valence-corrected chi connectivity index (χ0v) is 27.9. The molecular formula is C32H25ClF12N4OS. The second kappa shape index (κ2) is 16.1. The van der Waals surface area contributed by atoms with Crippen molar-refractivity contribution in [3.05, 3.63) is 111 Å². The van der Waals surface area contributed by atoms with Crippen molar-refractivity contribution in [3.63, 3.8) is 0 Å². The summed E-state index contributed by atoms with van der Waals surface area (Å²) < 4.78 is 153. The number of hydrogen-bond donors (Lipinski definition) is 1. The van der Waals surface area contributed by atoms with E-state index >= 15 is 0 Å². The van der Waals surface area contributed by atoms with Crippen molar-refractivity contribution in [2.24, 2.45) is 0 Å². The molecule has 0 unspecified atom stereocenters. The number of carbonyl (C=O) groups is 1. The summed E-state index contributed by atoms with van der Waals surface area (Å²) in [4.78, 5) is 22.6. The van der Waals surface area contributed by atoms with Crippen LogP contribution in [0.2, 0.25) is 5.02 Å². The van der Waals surface area contributed by atoms with E-state index in [1.54, 1.807) is 30.5 Å². The molecule has 0 aliphatic rings. The Labute approximate surface area is 292 Å². The van der Waals surface area contributed by atoms with Gasteiger partial charge in [-0.25, -0.2) is 9.97 Å². The van der Waals surface area contributed by atoms with Crippen molar-refractivity contribution in [2.75, 3.05) is 20.4 Å². The maximum atomic E-state index is 13.2. The number of aromatic nitrogens is 2. The number of halogens is 13. The summed E-state index contributed by atoms with van der Waals surface area (Å²) in [6, 6.07) is 9.31. The summed E-state index contributed by atoms with van der Waals surface area (Å²) >= 11 is 7.47. The van der Waals surface area contributed by atoms with Gasteiger partial charge >= 0.3 is 24.7 Å². The van der Waals surface area contributed by atoms with E-state index in [-0.39, 0.29) is 41.1 Å². The van der Waals surface area contributed by atoms with Crippen LogP contribution in [0.5, 0.6) is 0 Å². The molecule has 0 bridgehead atoms. The quantitative estimate of drug-likeness (QED) is 0.115. The van der Waals surface area contributed by atoms with Gasteiger partial charge < -0.3 is 10.2 Å². The normalized spacial score (nSPS) is 12.3. The Kier molecular flexibility index (Phi) is 13.1. The van der Waals surface area contributed by atoms with Gasteiger partial charge in [0.2, 0.25) is 0 Å². The van der Waals surface area contributed by atoms with Crippen LogP contribution in [0.25, 0.3) is 11.3 Å². The van der Waals surface area contributed by atoms with Gasteiger partial charge in [-0.2, -0.15) is 52.7 Å². The van der Waals surface area contributed by atoms with Crippen LogP contribution in [0, 0.1) is 0 Å². The van der Waals surface area contributed by atoms with Crippen LogP contribution in [-0.2, 0) is 37.8 Å². The minimum Gasteiger partial charge on any atom is -0.337 e. The number of alkyl halides is 12. The fourth-order valence-corrected chi connectivity index (χ4v) is 5.03. The smallest absolute Gasteiger partial charge is 0.337 e. The molecule has 0 aliphatic carbocycles. The van der Waals surface area contributed by atoms with Gasteiger partial charge in [0, 0.05) is 36.9 Å². The molecule has 4 aromatic rings. The Hall–Kier alpha value is -4.03. The Bertz CT molecular complexity index is 1780. The molecule has 0 saturated heterocycles. The van der Waals surface area contributed by atoms with E-state index in [0.717, 1.165) is 4.90 Å². The molecule has 4 rings (SSSR count). The lowest BCUT2D eigenvalue weighted by molar-refractivity contribution is -0.144. The van der Waals surface area contributed by atoms with E-state index in [9.17, 15) is 57.5 Å². The number of rotatable bonds is 7. The van der Waals surface area contributed by atoms with Crippen molar-refractivity contribution in [1.29, 1.82) is 0 Å². The second-order valence-corrected chi connectivity index (χ2v) is 11.8. The summed E-state index contributed by atoms with van der Waals surface area (Å²) in [6.45, 7) is -0.578. The van der Waals surface area contributed by atoms with Crippen LogP contribution in [0.1, 0.15) is 43.7 Å². The largest absolute Gasteiger partial charge is 0.416 e. The third-order valence-electron chi connectivity index (χ3n) is 6.75. The standard InChI is InChI=1S/C22H16ClF6N3OS.C10H9F6N/c1-32(11-12-7-13(21(24,25)26)9-14(8-12)22(27,28)29)19(33)16-10-30-20(34-2)31-18(16)15-5-3-4-6-17(15)23;1-17-5-6-2-7(9(11,12)13)4-8(3-6)10(14,15)16/h3-10H,11H2,1-2H3;2-4,17H,5H2,1H3. The predicted molar refractivity (Wildman–Crippen MR) is 166 cm³/mol. The van der Waals surface area contributed by atoms with Gasteiger partial charge in [0.15, 0.2) is 5.16 Å². The topological polar surface area (TPSA) is 58.1 Å². The SMILES string of the molecule is CNCc1cc(C(F)(F)F)cc(C(F)(F)F)c1.CSc1ncc(C(=O)N(C)Cc2cc(C(F)(F)F)cc(C(F)(F)F)c2)c(-c2ccccc2Cl)n1. The first kappa shape index (κ1) is 41.4. The van der Waals surface area contributed by atoms with Gasteiger partial charge in [0.05, 0.1) is 33.5 Å². The molecule has 19 heteroatoms. The number of nitrogens with zero attached hydrogens (tertiary/aromatic N) is 3. The van der Waals surface area contributed by atoms with E-state index < -0.39 is 59.4 Å². The zero-order valence-electron chi connectivity index (χ0n) is 26.3. The Morgan fingerprint density at radius 2 is 1.22 bits per heavy atom. The highest BCUT2D eigenvalue weighted by molar-refractivity contribution is 7.98. The molecule has 1 amide bonds. The lowest BCUT2D eigenvalue weighted by atomic mass is 10.0. The fourth-order valence-electron chi connectivity index (χ4n) is 4.47. The van der Waals surface area contributed by atoms with Crippen LogP contribution in [0.15, 0.2) is 72.0 Å². The van der Waals surface area contributed by atoms with E-state index in [2.05, 4.69) is 15.3 Å². The monoisotopic (exact) mass is 776 g/mol. The molecule has 276 valence electrons. The number of carbonyl (C=O) groups excluding carboxylic acids is 1. The van der Waals surface area contributed by atoms with E-state index in [0.29, 0.717) is 40.0 Å². The molecule has 3 aromatic carbocycles. The first-order valence-corrected chi connectivity index (χ1v) is 15.7. The molecular weight excluding hydrogens is 752 g/mol. The second-order valence-electron chi connectivity index (χ2n) is 10.6. The van der Waals surface area contributed by atoms with Crippen LogP contribution < -0.4 is 5.32 Å². The first-order chi connectivity index (χ1) is 23.4. The Balaban J connectivity index is 0.000000347. The number of hydrogen-bond acceptors (Lipinski definition) is 5. The average molecular weight is 777 g/mol. The molecule has 1 aromatic heterocycles. The predicted octanol–water partition coefficient (Wildman–Crippen LogP) is 10.3. The lowest BCUT2D eigenvalue weighted by Crippen LogP contribution is -2.27. The van der Waals surface area contributed by atoms with Gasteiger partial charge in [-0.3, -0.25) is 4.79 Å². The maximum absolute atomic E-state index is 13.2. The Morgan fingerprint density at radius 3 is 1.63 bits per heavy atom. The molecule has 0 fully saturated rings. The third kappa shape index (κ3) is 11.2. The van der Waals surface area contributed by atoms with Gasteiger partial charge in [0.25, 0.3) is 5.91 Å². The Morgan fingerprint density at radius 1 is 0.765 bits per heavy atom. The van der Waals surface area contributed by atoms with Crippen LogP contribution in [-0.4, -0.2) is 41.1 Å². The van der Waals surface area contributed by atoms with Gasteiger partial charge in [0.1, 0.15) is 0 Å². The van der Waals surface area contributed by atoms with Crippen LogP contribution in [0.4, 0.5) is 52.7 Å². The number of nitrogens with one attached hydrogen (secondary N) is 1. The van der Waals surface area contributed by atoms with Crippen molar-refractivity contribution < 1.29 is 57.5 Å². The molecule has 51 heavy (non-hydrogen) atoms. The maximum Gasteiger partial charge on any atom is 0.416 e. The van der Waals surface area contributed by atoms with Gasteiger partial charge in [-0.1, -0.05) is 41.6 Å². The number of benzene rings is 3. The molecule has 0 saturated carbocycles. The molecule has 0 aliphatic heterocycles. The molecule has 5 nitrogen and oxygen atoms in total. The summed E-state index contributed by atoms with van der Waals surface area (Å²) in [5.41, 5.74) is -5.27. The van der Waals surface area contributed by atoms with Crippen LogP contribution in [0.3, 0.4) is 0 Å². The molecule has 1 N–H and O–H groups in total. The highest BCUT2D eigenvalue weighted by Gasteiger charge is 2.38. The number of amides is 1. The summed E-state index contributed by atoms with van der Waals surface area (Å²) in [6.07, 6.45) is -16.6. The zero-order chi connectivity index (χ0) is 38.5. The number of thioether (sulfide) groups is 1. The van der Waals surface area contributed by atoms with Crippen LogP contribution >= 0.6 is 23.4 Å². The van der Waals surface area contributed by atoms with E-state index in [4.69, 9.17) is 11.6 Å². The summed E-state index contributed by atoms with van der Waals surface area (Å²) in [5.74, 6) is -0.700.